The first-order valence-electron chi connectivity index (χ1n) is 5.80. The van der Waals surface area contributed by atoms with E-state index in [4.69, 9.17) is 0 Å². The highest BCUT2D eigenvalue weighted by molar-refractivity contribution is 5.72. The molecule has 0 radical (unpaired) electrons. The van der Waals surface area contributed by atoms with Gasteiger partial charge in [0.05, 0.1) is 11.6 Å². The minimum atomic E-state index is 0.703. The summed E-state index contributed by atoms with van der Waals surface area (Å²) in [7, 11) is 0. The van der Waals surface area contributed by atoms with Crippen LogP contribution in [0.5, 0.6) is 0 Å². The number of benzene rings is 1. The summed E-state index contributed by atoms with van der Waals surface area (Å²) < 4.78 is 0. The molecule has 0 aliphatic heterocycles. The van der Waals surface area contributed by atoms with Gasteiger partial charge in [-0.3, -0.25) is 4.98 Å². The van der Waals surface area contributed by atoms with Crippen LogP contribution in [0.3, 0.4) is 0 Å². The van der Waals surface area contributed by atoms with Gasteiger partial charge in [0.15, 0.2) is 0 Å². The first-order chi connectivity index (χ1) is 8.36. The van der Waals surface area contributed by atoms with Gasteiger partial charge in [0, 0.05) is 17.5 Å². The van der Waals surface area contributed by atoms with Crippen LogP contribution >= 0.6 is 0 Å². The molecule has 2 nitrogen and oxygen atoms in total. The Morgan fingerprint density at radius 3 is 2.59 bits per heavy atom. The maximum absolute atomic E-state index is 9.19. The largest absolute Gasteiger partial charge is 0.261 e. The highest BCUT2D eigenvalue weighted by Gasteiger charge is 2.10. The number of hydrogen-bond donors (Lipinski definition) is 0. The number of rotatable bonds is 3. The van der Waals surface area contributed by atoms with Gasteiger partial charge in [-0.25, -0.2) is 0 Å². The van der Waals surface area contributed by atoms with Crippen molar-refractivity contribution < 1.29 is 0 Å². The lowest BCUT2D eigenvalue weighted by molar-refractivity contribution is 0.884. The third kappa shape index (κ3) is 2.34. The van der Waals surface area contributed by atoms with E-state index in [1.54, 1.807) is 12.3 Å². The molecule has 0 saturated carbocycles. The third-order valence-electron chi connectivity index (χ3n) is 2.70. The van der Waals surface area contributed by atoms with Crippen LogP contribution in [-0.4, -0.2) is 4.98 Å². The second kappa shape index (κ2) is 5.27. The summed E-state index contributed by atoms with van der Waals surface area (Å²) in [5, 5.41) is 9.19. The van der Waals surface area contributed by atoms with Crippen LogP contribution in [0.25, 0.3) is 11.1 Å². The molecule has 1 aromatic heterocycles. The SMILES string of the molecule is CCCc1nccc(C#N)c1-c1ccccc1. The molecule has 84 valence electrons. The summed E-state index contributed by atoms with van der Waals surface area (Å²) in [5.41, 5.74) is 3.77. The van der Waals surface area contributed by atoms with Crippen molar-refractivity contribution >= 4 is 0 Å². The third-order valence-corrected chi connectivity index (χ3v) is 2.70. The van der Waals surface area contributed by atoms with E-state index in [2.05, 4.69) is 18.0 Å². The molecular formula is C15H14N2. The predicted octanol–water partition coefficient (Wildman–Crippen LogP) is 3.57. The van der Waals surface area contributed by atoms with Crippen molar-refractivity contribution in [3.8, 4) is 17.2 Å². The van der Waals surface area contributed by atoms with E-state index in [0.717, 1.165) is 29.7 Å². The zero-order chi connectivity index (χ0) is 12.1. The van der Waals surface area contributed by atoms with Crippen molar-refractivity contribution in [1.29, 1.82) is 5.26 Å². The summed E-state index contributed by atoms with van der Waals surface area (Å²) in [5.74, 6) is 0. The molecular weight excluding hydrogens is 208 g/mol. The molecule has 0 aliphatic carbocycles. The first kappa shape index (κ1) is 11.3. The van der Waals surface area contributed by atoms with Gasteiger partial charge < -0.3 is 0 Å². The molecule has 17 heavy (non-hydrogen) atoms. The minimum absolute atomic E-state index is 0.703. The number of pyridine rings is 1. The molecule has 2 rings (SSSR count). The van der Waals surface area contributed by atoms with Gasteiger partial charge in [0.1, 0.15) is 0 Å². The number of aryl methyl sites for hydroxylation is 1. The average Bonchev–Trinajstić information content (AvgIpc) is 2.40. The molecule has 0 amide bonds. The molecule has 0 unspecified atom stereocenters. The molecule has 0 N–H and O–H groups in total. The topological polar surface area (TPSA) is 36.7 Å². The van der Waals surface area contributed by atoms with Gasteiger partial charge in [-0.15, -0.1) is 0 Å². The average molecular weight is 222 g/mol. The second-order valence-electron chi connectivity index (χ2n) is 3.91. The molecule has 1 heterocycles. The Labute approximate surface area is 102 Å². The molecule has 1 aromatic carbocycles. The fourth-order valence-electron chi connectivity index (χ4n) is 1.95. The summed E-state index contributed by atoms with van der Waals surface area (Å²) in [6.07, 6.45) is 3.65. The van der Waals surface area contributed by atoms with E-state index in [9.17, 15) is 5.26 Å². The van der Waals surface area contributed by atoms with Gasteiger partial charge in [-0.05, 0) is 18.1 Å². The monoisotopic (exact) mass is 222 g/mol. The van der Waals surface area contributed by atoms with Crippen molar-refractivity contribution in [2.75, 3.05) is 0 Å². The molecule has 0 aliphatic rings. The van der Waals surface area contributed by atoms with E-state index in [0.29, 0.717) is 5.56 Å². The number of nitriles is 1. The molecule has 0 fully saturated rings. The van der Waals surface area contributed by atoms with E-state index in [-0.39, 0.29) is 0 Å². The van der Waals surface area contributed by atoms with Gasteiger partial charge >= 0.3 is 0 Å². The Kier molecular flexibility index (Phi) is 3.52. The lowest BCUT2D eigenvalue weighted by Crippen LogP contribution is -1.96. The zero-order valence-corrected chi connectivity index (χ0v) is 9.85. The maximum Gasteiger partial charge on any atom is 0.0999 e. The summed E-state index contributed by atoms with van der Waals surface area (Å²) in [4.78, 5) is 4.40. The van der Waals surface area contributed by atoms with Gasteiger partial charge in [0.2, 0.25) is 0 Å². The lowest BCUT2D eigenvalue weighted by atomic mass is 9.97. The Hall–Kier alpha value is -2.14. The van der Waals surface area contributed by atoms with Crippen LogP contribution in [0.15, 0.2) is 42.6 Å². The molecule has 0 saturated heterocycles. The van der Waals surface area contributed by atoms with Crippen LogP contribution < -0.4 is 0 Å². The van der Waals surface area contributed by atoms with Crippen molar-refractivity contribution in [1.82, 2.24) is 4.98 Å². The lowest BCUT2D eigenvalue weighted by Gasteiger charge is -2.09. The molecule has 0 bridgehead atoms. The summed E-state index contributed by atoms with van der Waals surface area (Å²) in [6, 6.07) is 14.0. The van der Waals surface area contributed by atoms with Crippen molar-refractivity contribution in [3.63, 3.8) is 0 Å². The van der Waals surface area contributed by atoms with Crippen LogP contribution in [0.2, 0.25) is 0 Å². The molecule has 0 spiro atoms. The Morgan fingerprint density at radius 1 is 1.18 bits per heavy atom. The zero-order valence-electron chi connectivity index (χ0n) is 9.85. The summed E-state index contributed by atoms with van der Waals surface area (Å²) in [6.45, 7) is 2.12. The van der Waals surface area contributed by atoms with Crippen LogP contribution in [0.1, 0.15) is 24.6 Å². The minimum Gasteiger partial charge on any atom is -0.261 e. The number of aromatic nitrogens is 1. The van der Waals surface area contributed by atoms with Crippen LogP contribution in [0.4, 0.5) is 0 Å². The van der Waals surface area contributed by atoms with Crippen molar-refractivity contribution in [2.24, 2.45) is 0 Å². The van der Waals surface area contributed by atoms with Gasteiger partial charge in [0.25, 0.3) is 0 Å². The van der Waals surface area contributed by atoms with E-state index in [1.165, 1.54) is 0 Å². The molecule has 2 heteroatoms. The molecule has 0 atom stereocenters. The Balaban J connectivity index is 2.61. The van der Waals surface area contributed by atoms with Crippen molar-refractivity contribution in [2.45, 2.75) is 19.8 Å². The Morgan fingerprint density at radius 2 is 1.94 bits per heavy atom. The quantitative estimate of drug-likeness (QED) is 0.796. The summed E-state index contributed by atoms with van der Waals surface area (Å²) >= 11 is 0. The number of nitrogens with zero attached hydrogens (tertiary/aromatic N) is 2. The van der Waals surface area contributed by atoms with E-state index in [1.807, 2.05) is 30.3 Å². The normalized spacial score (nSPS) is 9.88. The smallest absolute Gasteiger partial charge is 0.0999 e. The standard InChI is InChI=1S/C15H14N2/c1-2-6-14-15(12-7-4-3-5-8-12)13(11-16)9-10-17-14/h3-5,7-10H,2,6H2,1H3. The second-order valence-corrected chi connectivity index (χ2v) is 3.91. The van der Waals surface area contributed by atoms with Gasteiger partial charge in [-0.2, -0.15) is 5.26 Å². The van der Waals surface area contributed by atoms with E-state index < -0.39 is 0 Å². The Bertz CT molecular complexity index is 539. The van der Waals surface area contributed by atoms with Crippen LogP contribution in [0, 0.1) is 11.3 Å². The highest BCUT2D eigenvalue weighted by Crippen LogP contribution is 2.26. The first-order valence-corrected chi connectivity index (χ1v) is 5.80. The predicted molar refractivity (Wildman–Crippen MR) is 68.4 cm³/mol. The van der Waals surface area contributed by atoms with E-state index >= 15 is 0 Å². The number of hydrogen-bond acceptors (Lipinski definition) is 2. The van der Waals surface area contributed by atoms with Gasteiger partial charge in [-0.1, -0.05) is 43.7 Å². The fraction of sp³-hybridized carbons (Fsp3) is 0.200. The molecule has 2 aromatic rings. The maximum atomic E-state index is 9.19. The van der Waals surface area contributed by atoms with Crippen LogP contribution in [-0.2, 0) is 6.42 Å². The fourth-order valence-corrected chi connectivity index (χ4v) is 1.95. The van der Waals surface area contributed by atoms with Crippen molar-refractivity contribution in [3.05, 3.63) is 53.9 Å². The highest BCUT2D eigenvalue weighted by atomic mass is 14.7.